The lowest BCUT2D eigenvalue weighted by atomic mass is 10.1. The van der Waals surface area contributed by atoms with Gasteiger partial charge in [0, 0.05) is 11.4 Å². The molecular formula is C24H27N3O6S. The molecule has 10 heteroatoms. The Morgan fingerprint density at radius 2 is 1.76 bits per heavy atom. The summed E-state index contributed by atoms with van der Waals surface area (Å²) in [5.74, 6) is -0.661. The first-order valence-electron chi connectivity index (χ1n) is 10.5. The summed E-state index contributed by atoms with van der Waals surface area (Å²) in [4.78, 5) is 28.1. The Bertz CT molecular complexity index is 1340. The van der Waals surface area contributed by atoms with Crippen LogP contribution in [0.1, 0.15) is 44.6 Å². The van der Waals surface area contributed by atoms with E-state index < -0.39 is 21.9 Å². The van der Waals surface area contributed by atoms with E-state index >= 15 is 0 Å². The Morgan fingerprint density at radius 3 is 2.41 bits per heavy atom. The second kappa shape index (κ2) is 10.0. The number of ether oxygens (including phenoxy) is 2. The van der Waals surface area contributed by atoms with Crippen LogP contribution in [0, 0.1) is 13.8 Å². The maximum Gasteiger partial charge on any atom is 0.339 e. The van der Waals surface area contributed by atoms with Crippen LogP contribution in [0.5, 0.6) is 5.75 Å². The molecule has 2 aromatic carbocycles. The van der Waals surface area contributed by atoms with Crippen molar-refractivity contribution < 1.29 is 27.5 Å². The Morgan fingerprint density at radius 1 is 1.06 bits per heavy atom. The standard InChI is InChI=1S/C24H27N3O6S/c1-6-17-21(24(29)33-5)15(3)22(26-17)23(28)25-16-12-11-14(2)20(13-16)34(30,31)27-18-9-7-8-10-19(18)32-4/h7-13,26-27H,6H2,1-5H3,(H,25,28). The smallest absolute Gasteiger partial charge is 0.339 e. The number of anilines is 2. The summed E-state index contributed by atoms with van der Waals surface area (Å²) < 4.78 is 38.8. The molecule has 0 unspecified atom stereocenters. The number of rotatable bonds is 8. The summed E-state index contributed by atoms with van der Waals surface area (Å²) >= 11 is 0. The number of H-pyrrole nitrogens is 1. The van der Waals surface area contributed by atoms with Gasteiger partial charge < -0.3 is 19.8 Å². The van der Waals surface area contributed by atoms with Crippen molar-refractivity contribution in [3.63, 3.8) is 0 Å². The number of carbonyl (C=O) groups is 2. The fourth-order valence-electron chi connectivity index (χ4n) is 3.62. The van der Waals surface area contributed by atoms with E-state index in [1.807, 2.05) is 6.92 Å². The number of carbonyl (C=O) groups excluding carboxylic acids is 2. The number of hydrogen-bond acceptors (Lipinski definition) is 6. The van der Waals surface area contributed by atoms with E-state index in [1.54, 1.807) is 50.2 Å². The van der Waals surface area contributed by atoms with Crippen molar-refractivity contribution in [3.8, 4) is 5.75 Å². The molecule has 0 bridgehead atoms. The minimum atomic E-state index is -3.98. The zero-order chi connectivity index (χ0) is 25.0. The van der Waals surface area contributed by atoms with Crippen LogP contribution in [0.4, 0.5) is 11.4 Å². The lowest BCUT2D eigenvalue weighted by Gasteiger charge is -2.14. The van der Waals surface area contributed by atoms with Crippen LogP contribution < -0.4 is 14.8 Å². The second-order valence-corrected chi connectivity index (χ2v) is 9.21. The van der Waals surface area contributed by atoms with Gasteiger partial charge in [-0.3, -0.25) is 9.52 Å². The van der Waals surface area contributed by atoms with Crippen LogP contribution in [0.25, 0.3) is 0 Å². The number of aromatic amines is 1. The lowest BCUT2D eigenvalue weighted by molar-refractivity contribution is 0.0599. The highest BCUT2D eigenvalue weighted by molar-refractivity contribution is 7.92. The van der Waals surface area contributed by atoms with E-state index in [9.17, 15) is 18.0 Å². The zero-order valence-corrected chi connectivity index (χ0v) is 20.4. The van der Waals surface area contributed by atoms with Crippen LogP contribution in [0.15, 0.2) is 47.4 Å². The monoisotopic (exact) mass is 485 g/mol. The molecule has 3 rings (SSSR count). The van der Waals surface area contributed by atoms with E-state index in [1.165, 1.54) is 20.3 Å². The van der Waals surface area contributed by atoms with Crippen molar-refractivity contribution in [2.45, 2.75) is 32.1 Å². The van der Waals surface area contributed by atoms with Gasteiger partial charge in [-0.2, -0.15) is 0 Å². The van der Waals surface area contributed by atoms with Gasteiger partial charge in [0.2, 0.25) is 0 Å². The van der Waals surface area contributed by atoms with Crippen molar-refractivity contribution in [1.82, 2.24) is 4.98 Å². The molecule has 1 aromatic heterocycles. The van der Waals surface area contributed by atoms with E-state index in [2.05, 4.69) is 15.0 Å². The molecule has 0 radical (unpaired) electrons. The quantitative estimate of drug-likeness (QED) is 0.413. The molecule has 9 nitrogen and oxygen atoms in total. The molecular weight excluding hydrogens is 458 g/mol. The van der Waals surface area contributed by atoms with Gasteiger partial charge in [-0.1, -0.05) is 25.1 Å². The predicted octanol–water partition coefficient (Wildman–Crippen LogP) is 4.04. The van der Waals surface area contributed by atoms with E-state index in [-0.39, 0.29) is 16.3 Å². The number of benzene rings is 2. The molecule has 0 aliphatic rings. The van der Waals surface area contributed by atoms with Gasteiger partial charge in [0.1, 0.15) is 11.4 Å². The maximum atomic E-state index is 13.1. The van der Waals surface area contributed by atoms with Gasteiger partial charge in [0.15, 0.2) is 0 Å². The van der Waals surface area contributed by atoms with Gasteiger partial charge in [-0.05, 0) is 55.7 Å². The molecule has 0 saturated carbocycles. The molecule has 1 amide bonds. The minimum Gasteiger partial charge on any atom is -0.495 e. The third-order valence-corrected chi connectivity index (χ3v) is 6.89. The van der Waals surface area contributed by atoms with E-state index in [0.717, 1.165) is 0 Å². The molecule has 0 fully saturated rings. The molecule has 180 valence electrons. The maximum absolute atomic E-state index is 13.1. The molecule has 0 aliphatic heterocycles. The van der Waals surface area contributed by atoms with Gasteiger partial charge in [0.05, 0.1) is 30.4 Å². The highest BCUT2D eigenvalue weighted by Gasteiger charge is 2.24. The van der Waals surface area contributed by atoms with Crippen molar-refractivity contribution in [1.29, 1.82) is 0 Å². The zero-order valence-electron chi connectivity index (χ0n) is 19.6. The number of amides is 1. The number of sulfonamides is 1. The number of aromatic nitrogens is 1. The summed E-state index contributed by atoms with van der Waals surface area (Å²) in [6.07, 6.45) is 0.500. The van der Waals surface area contributed by atoms with Crippen LogP contribution in [0.3, 0.4) is 0 Å². The van der Waals surface area contributed by atoms with Gasteiger partial charge >= 0.3 is 5.97 Å². The molecule has 1 heterocycles. The van der Waals surface area contributed by atoms with E-state index in [0.29, 0.717) is 40.2 Å². The average molecular weight is 486 g/mol. The highest BCUT2D eigenvalue weighted by atomic mass is 32.2. The average Bonchev–Trinajstić information content (AvgIpc) is 3.16. The predicted molar refractivity (Wildman–Crippen MR) is 129 cm³/mol. The molecule has 3 aromatic rings. The van der Waals surface area contributed by atoms with Crippen LogP contribution in [-0.4, -0.2) is 39.5 Å². The number of aryl methyl sites for hydroxylation is 2. The fraction of sp³-hybridized carbons (Fsp3) is 0.250. The van der Waals surface area contributed by atoms with Crippen molar-refractivity contribution in [3.05, 3.63) is 70.5 Å². The second-order valence-electron chi connectivity index (χ2n) is 7.56. The first-order chi connectivity index (χ1) is 16.1. The Hall–Kier alpha value is -3.79. The summed E-state index contributed by atoms with van der Waals surface area (Å²) in [6, 6.07) is 11.3. The Kier molecular flexibility index (Phi) is 7.31. The lowest BCUT2D eigenvalue weighted by Crippen LogP contribution is -2.17. The number of nitrogens with one attached hydrogen (secondary N) is 3. The molecule has 34 heavy (non-hydrogen) atoms. The van der Waals surface area contributed by atoms with Gasteiger partial charge in [0.25, 0.3) is 15.9 Å². The third-order valence-electron chi connectivity index (χ3n) is 5.38. The van der Waals surface area contributed by atoms with Crippen LogP contribution in [0.2, 0.25) is 0 Å². The normalized spacial score (nSPS) is 11.1. The van der Waals surface area contributed by atoms with Gasteiger partial charge in [-0.15, -0.1) is 0 Å². The first-order valence-corrected chi connectivity index (χ1v) is 12.0. The molecule has 3 N–H and O–H groups in total. The molecule has 0 spiro atoms. The number of esters is 1. The van der Waals surface area contributed by atoms with Crippen LogP contribution in [-0.2, 0) is 21.2 Å². The largest absolute Gasteiger partial charge is 0.495 e. The van der Waals surface area contributed by atoms with Crippen molar-refractivity contribution >= 4 is 33.3 Å². The number of methoxy groups -OCH3 is 2. The van der Waals surface area contributed by atoms with Crippen molar-refractivity contribution in [2.24, 2.45) is 0 Å². The Balaban J connectivity index is 1.92. The Labute approximate surface area is 198 Å². The summed E-state index contributed by atoms with van der Waals surface area (Å²) in [5.41, 5.74) is 2.64. The number of para-hydroxylation sites is 2. The SMILES string of the molecule is CCc1[nH]c(C(=O)Nc2ccc(C)c(S(=O)(=O)Nc3ccccc3OC)c2)c(C)c1C(=O)OC. The third kappa shape index (κ3) is 4.91. The van der Waals surface area contributed by atoms with Crippen molar-refractivity contribution in [2.75, 3.05) is 24.3 Å². The first kappa shape index (κ1) is 24.8. The van der Waals surface area contributed by atoms with Crippen LogP contribution >= 0.6 is 0 Å². The number of hydrogen-bond donors (Lipinski definition) is 3. The summed E-state index contributed by atoms with van der Waals surface area (Å²) in [7, 11) is -1.25. The van der Waals surface area contributed by atoms with E-state index in [4.69, 9.17) is 9.47 Å². The minimum absolute atomic E-state index is 0.00362. The summed E-state index contributed by atoms with van der Waals surface area (Å²) in [5, 5.41) is 2.71. The molecule has 0 aliphatic carbocycles. The van der Waals surface area contributed by atoms with Gasteiger partial charge in [-0.25, -0.2) is 13.2 Å². The summed E-state index contributed by atoms with van der Waals surface area (Å²) in [6.45, 7) is 5.16. The fourth-order valence-corrected chi connectivity index (χ4v) is 4.96. The topological polar surface area (TPSA) is 127 Å². The highest BCUT2D eigenvalue weighted by Crippen LogP contribution is 2.29. The molecule has 0 saturated heterocycles. The molecule has 0 atom stereocenters.